The Morgan fingerprint density at radius 1 is 0.509 bits per heavy atom. The van der Waals surface area contributed by atoms with Crippen LogP contribution in [0.15, 0.2) is 152 Å². The molecule has 0 aliphatic heterocycles. The standard InChI is InChI=1S/C15H11F2N3O.C15H10F2O.C13H8F2O/c16-12-5-1-10(2-6-12)15(21,14-9-18-20-19-14)11-3-7-13(17)8-4-11;1-2-15(18,11-3-7-13(16)8-4-11)12-5-9-14(17)10-6-12;14-11-5-1-9(2-6-11)13(16)10-3-7-12(15)8-4-10/h1-9,21H,(H,18,19,20);1,3-10,18H;1-8H. The van der Waals surface area contributed by atoms with Gasteiger partial charge in [0.25, 0.3) is 0 Å². The van der Waals surface area contributed by atoms with E-state index in [2.05, 4.69) is 21.3 Å². The largest absolute Gasteiger partial charge is 0.374 e. The van der Waals surface area contributed by atoms with Crippen LogP contribution in [0.25, 0.3) is 0 Å². The molecule has 1 aromatic heterocycles. The van der Waals surface area contributed by atoms with E-state index in [9.17, 15) is 41.4 Å². The van der Waals surface area contributed by atoms with E-state index in [0.717, 1.165) is 0 Å². The number of rotatable bonds is 7. The van der Waals surface area contributed by atoms with Gasteiger partial charge in [-0.3, -0.25) is 4.79 Å². The number of benzene rings is 6. The van der Waals surface area contributed by atoms with Crippen LogP contribution < -0.4 is 0 Å². The molecule has 0 aliphatic rings. The summed E-state index contributed by atoms with van der Waals surface area (Å²) in [5.74, 6) is -0.446. The Kier molecular flexibility index (Phi) is 12.4. The fourth-order valence-electron chi connectivity index (χ4n) is 5.31. The van der Waals surface area contributed by atoms with Gasteiger partial charge in [-0.1, -0.05) is 54.5 Å². The summed E-state index contributed by atoms with van der Waals surface area (Å²) < 4.78 is 77.2. The summed E-state index contributed by atoms with van der Waals surface area (Å²) in [6.45, 7) is 0. The first kappa shape index (κ1) is 39.4. The molecule has 0 saturated carbocycles. The number of terminal acetylenes is 1. The lowest BCUT2D eigenvalue weighted by atomic mass is 9.84. The summed E-state index contributed by atoms with van der Waals surface area (Å²) in [6, 6.07) is 31.7. The first-order valence-corrected chi connectivity index (χ1v) is 16.2. The molecule has 0 radical (unpaired) electrons. The highest BCUT2D eigenvalue weighted by Gasteiger charge is 2.36. The Morgan fingerprint density at radius 2 is 0.800 bits per heavy atom. The van der Waals surface area contributed by atoms with Gasteiger partial charge in [-0.25, -0.2) is 26.3 Å². The molecule has 1 heterocycles. The quantitative estimate of drug-likeness (QED) is 0.0864. The topological polar surface area (TPSA) is 99.1 Å². The second kappa shape index (κ2) is 17.3. The Bertz CT molecular complexity index is 2210. The third kappa shape index (κ3) is 9.41. The second-order valence-corrected chi connectivity index (χ2v) is 11.8. The molecule has 12 heteroatoms. The summed E-state index contributed by atoms with van der Waals surface area (Å²) >= 11 is 0. The van der Waals surface area contributed by atoms with Gasteiger partial charge in [-0.15, -0.1) is 6.42 Å². The van der Waals surface area contributed by atoms with E-state index in [1.807, 2.05) is 0 Å². The highest BCUT2D eigenvalue weighted by molar-refractivity contribution is 6.08. The van der Waals surface area contributed by atoms with E-state index in [1.54, 1.807) is 0 Å². The molecule has 0 fully saturated rings. The van der Waals surface area contributed by atoms with Crippen molar-refractivity contribution in [3.8, 4) is 12.3 Å². The number of aromatic nitrogens is 3. The van der Waals surface area contributed by atoms with Crippen molar-refractivity contribution >= 4 is 5.78 Å². The SMILES string of the molecule is C#CC(O)(c1ccc(F)cc1)c1ccc(F)cc1.O=C(c1ccc(F)cc1)c1ccc(F)cc1.OC(c1ccc(F)cc1)(c1ccc(F)cc1)c1cn[nH]n1. The average Bonchev–Trinajstić information content (AvgIpc) is 3.75. The van der Waals surface area contributed by atoms with Crippen LogP contribution in [0.3, 0.4) is 0 Å². The zero-order chi connectivity index (χ0) is 39.6. The number of nitrogens with zero attached hydrogens (tertiary/aromatic N) is 2. The first-order chi connectivity index (χ1) is 26.3. The molecule has 0 bridgehead atoms. The summed E-state index contributed by atoms with van der Waals surface area (Å²) in [5.41, 5.74) is -0.804. The normalized spacial score (nSPS) is 11.0. The molecule has 276 valence electrons. The molecule has 0 atom stereocenters. The maximum Gasteiger partial charge on any atom is 0.193 e. The Morgan fingerprint density at radius 3 is 1.07 bits per heavy atom. The Balaban J connectivity index is 0.000000160. The predicted molar refractivity (Wildman–Crippen MR) is 192 cm³/mol. The maximum absolute atomic E-state index is 13.1. The molecule has 7 rings (SSSR count). The maximum atomic E-state index is 13.1. The van der Waals surface area contributed by atoms with E-state index >= 15 is 0 Å². The van der Waals surface area contributed by atoms with Crippen LogP contribution in [0.1, 0.15) is 43.9 Å². The number of halogens is 6. The predicted octanol–water partition coefficient (Wildman–Crippen LogP) is 8.40. The van der Waals surface area contributed by atoms with Gasteiger partial charge >= 0.3 is 0 Å². The van der Waals surface area contributed by atoms with Crippen LogP contribution in [0, 0.1) is 47.2 Å². The molecule has 3 N–H and O–H groups in total. The van der Waals surface area contributed by atoms with Crippen molar-refractivity contribution in [2.75, 3.05) is 0 Å². The molecule has 0 unspecified atom stereocenters. The van der Waals surface area contributed by atoms with Crippen LogP contribution >= 0.6 is 0 Å². The van der Waals surface area contributed by atoms with Gasteiger partial charge in [0.2, 0.25) is 0 Å². The Labute approximate surface area is 311 Å². The van der Waals surface area contributed by atoms with Crippen molar-refractivity contribution < 1.29 is 41.4 Å². The van der Waals surface area contributed by atoms with Crippen molar-refractivity contribution in [2.45, 2.75) is 11.2 Å². The van der Waals surface area contributed by atoms with Gasteiger partial charge in [0.15, 0.2) is 17.0 Å². The van der Waals surface area contributed by atoms with Gasteiger partial charge in [0.05, 0.1) is 6.20 Å². The number of aliphatic hydroxyl groups is 2. The number of hydrogen-bond acceptors (Lipinski definition) is 5. The van der Waals surface area contributed by atoms with Crippen molar-refractivity contribution in [2.24, 2.45) is 0 Å². The average molecular weight is 750 g/mol. The van der Waals surface area contributed by atoms with E-state index in [0.29, 0.717) is 33.4 Å². The number of H-pyrrole nitrogens is 1. The lowest BCUT2D eigenvalue weighted by molar-refractivity contribution is 0.103. The van der Waals surface area contributed by atoms with Crippen LogP contribution in [0.5, 0.6) is 0 Å². The number of aromatic amines is 1. The van der Waals surface area contributed by atoms with Crippen molar-refractivity contribution in [1.29, 1.82) is 0 Å². The fourth-order valence-corrected chi connectivity index (χ4v) is 5.31. The third-order valence-electron chi connectivity index (χ3n) is 8.26. The smallest absolute Gasteiger partial charge is 0.193 e. The molecule has 6 aromatic carbocycles. The molecular formula is C43H29F6N3O3. The van der Waals surface area contributed by atoms with Crippen LogP contribution in [0.4, 0.5) is 26.3 Å². The highest BCUT2D eigenvalue weighted by Crippen LogP contribution is 2.35. The molecule has 55 heavy (non-hydrogen) atoms. The zero-order valence-electron chi connectivity index (χ0n) is 28.5. The number of carbonyl (C=O) groups is 1. The molecule has 0 saturated heterocycles. The molecule has 7 aromatic rings. The number of nitrogens with one attached hydrogen (secondary N) is 1. The van der Waals surface area contributed by atoms with E-state index in [1.165, 1.54) is 152 Å². The second-order valence-electron chi connectivity index (χ2n) is 11.8. The lowest BCUT2D eigenvalue weighted by Gasteiger charge is -2.27. The van der Waals surface area contributed by atoms with Gasteiger partial charge in [-0.2, -0.15) is 15.4 Å². The van der Waals surface area contributed by atoms with Crippen LogP contribution in [-0.4, -0.2) is 31.4 Å². The molecule has 0 aliphatic carbocycles. The van der Waals surface area contributed by atoms with E-state index < -0.39 is 46.1 Å². The summed E-state index contributed by atoms with van der Waals surface area (Å²) in [7, 11) is 0. The van der Waals surface area contributed by atoms with Gasteiger partial charge in [0, 0.05) is 22.3 Å². The number of ketones is 1. The summed E-state index contributed by atoms with van der Waals surface area (Å²) in [5, 5.41) is 31.6. The third-order valence-corrected chi connectivity index (χ3v) is 8.26. The Hall–Kier alpha value is -6.81. The summed E-state index contributed by atoms with van der Waals surface area (Å²) in [4.78, 5) is 11.8. The van der Waals surface area contributed by atoms with E-state index in [-0.39, 0.29) is 11.5 Å². The minimum atomic E-state index is -1.69. The van der Waals surface area contributed by atoms with Gasteiger partial charge < -0.3 is 10.2 Å². The summed E-state index contributed by atoms with van der Waals surface area (Å²) in [6.07, 6.45) is 6.73. The number of hydrogen-bond donors (Lipinski definition) is 3. The van der Waals surface area contributed by atoms with Crippen LogP contribution in [-0.2, 0) is 11.2 Å². The van der Waals surface area contributed by atoms with Gasteiger partial charge in [-0.05, 0) is 108 Å². The molecule has 0 amide bonds. The van der Waals surface area contributed by atoms with Gasteiger partial charge in [0.1, 0.15) is 40.6 Å². The number of carbonyl (C=O) groups excluding carboxylic acids is 1. The molecule has 6 nitrogen and oxygen atoms in total. The monoisotopic (exact) mass is 749 g/mol. The molecular weight excluding hydrogens is 720 g/mol. The van der Waals surface area contributed by atoms with E-state index in [4.69, 9.17) is 6.42 Å². The van der Waals surface area contributed by atoms with Crippen LogP contribution in [0.2, 0.25) is 0 Å². The highest BCUT2D eigenvalue weighted by atomic mass is 19.1. The molecule has 0 spiro atoms. The van der Waals surface area contributed by atoms with Crippen molar-refractivity contribution in [3.05, 3.63) is 226 Å². The minimum absolute atomic E-state index is 0.237. The zero-order valence-corrected chi connectivity index (χ0v) is 28.5. The lowest BCUT2D eigenvalue weighted by Crippen LogP contribution is -2.29. The van der Waals surface area contributed by atoms with Crippen molar-refractivity contribution in [3.63, 3.8) is 0 Å². The van der Waals surface area contributed by atoms with Crippen molar-refractivity contribution in [1.82, 2.24) is 15.4 Å². The minimum Gasteiger partial charge on any atom is -0.374 e. The fraction of sp³-hybridized carbons (Fsp3) is 0.0465. The first-order valence-electron chi connectivity index (χ1n) is 16.2.